The Labute approximate surface area is 229 Å². The van der Waals surface area contributed by atoms with E-state index < -0.39 is 0 Å². The molecule has 0 saturated heterocycles. The Morgan fingerprint density at radius 1 is 0.590 bits per heavy atom. The number of aryl methyl sites for hydroxylation is 2. The molecule has 3 heteroatoms. The van der Waals surface area contributed by atoms with Gasteiger partial charge in [-0.2, -0.15) is 0 Å². The summed E-state index contributed by atoms with van der Waals surface area (Å²) in [6.45, 7) is 5.94. The van der Waals surface area contributed by atoms with E-state index in [1.54, 1.807) is 12.2 Å². The Morgan fingerprint density at radius 3 is 1.41 bits per heavy atom. The Bertz CT molecular complexity index is 1670. The Hall–Kier alpha value is -4.89. The molecule has 6 rings (SSSR count). The van der Waals surface area contributed by atoms with Gasteiger partial charge in [0.05, 0.1) is 11.0 Å². The molecule has 0 aliphatic rings. The van der Waals surface area contributed by atoms with Crippen LogP contribution in [0, 0.1) is 13.8 Å². The lowest BCUT2D eigenvalue weighted by Gasteiger charge is -2.13. The van der Waals surface area contributed by atoms with Gasteiger partial charge in [-0.25, -0.2) is 0 Å². The Balaban J connectivity index is 0.000000237. The number of nitrogens with zero attached hydrogens (tertiary/aromatic N) is 2. The molecule has 0 radical (unpaired) electrons. The molecule has 0 fully saturated rings. The van der Waals surface area contributed by atoms with E-state index in [4.69, 9.17) is 9.97 Å². The van der Waals surface area contributed by atoms with Crippen LogP contribution >= 0.6 is 0 Å². The lowest BCUT2D eigenvalue weighted by atomic mass is 9.95. The minimum absolute atomic E-state index is 0.0631. The van der Waals surface area contributed by atoms with E-state index in [9.17, 15) is 4.79 Å². The molecule has 0 spiro atoms. The van der Waals surface area contributed by atoms with Gasteiger partial charge in [-0.05, 0) is 61.2 Å². The van der Waals surface area contributed by atoms with Crippen LogP contribution in [0.5, 0.6) is 0 Å². The van der Waals surface area contributed by atoms with Gasteiger partial charge in [-0.1, -0.05) is 109 Å². The maximum Gasteiger partial charge on any atom is 0.185 e. The highest BCUT2D eigenvalue weighted by Crippen LogP contribution is 2.36. The van der Waals surface area contributed by atoms with Crippen molar-refractivity contribution in [3.63, 3.8) is 0 Å². The summed E-state index contributed by atoms with van der Waals surface area (Å²) in [5.41, 5.74) is 9.50. The Morgan fingerprint density at radius 2 is 1.00 bits per heavy atom. The minimum atomic E-state index is 0.0631. The van der Waals surface area contributed by atoms with Crippen LogP contribution in [0.25, 0.3) is 44.1 Å². The SMILES string of the molecule is C/C=C/C(=O)c1ccccc1.Cc1cc(-c2ccccc2)c2ccc3c(-c4ccccc4)cc(C)nc3c2n1. The zero-order chi connectivity index (χ0) is 27.2. The molecular weight excluding hydrogens is 476 g/mol. The first-order valence-corrected chi connectivity index (χ1v) is 13.1. The highest BCUT2D eigenvalue weighted by atomic mass is 16.1. The number of carbonyl (C=O) groups is 1. The first-order valence-electron chi connectivity index (χ1n) is 13.1. The number of aromatic nitrogens is 2. The molecule has 0 saturated carbocycles. The number of allylic oxidation sites excluding steroid dienone is 2. The predicted octanol–water partition coefficient (Wildman–Crippen LogP) is 9.18. The third-order valence-corrected chi connectivity index (χ3v) is 6.56. The number of ketones is 1. The average Bonchev–Trinajstić information content (AvgIpc) is 2.98. The number of carbonyl (C=O) groups excluding carboxylic acids is 1. The molecule has 0 amide bonds. The van der Waals surface area contributed by atoms with Crippen molar-refractivity contribution in [2.75, 3.05) is 0 Å². The predicted molar refractivity (Wildman–Crippen MR) is 163 cm³/mol. The number of benzene rings is 4. The van der Waals surface area contributed by atoms with Crippen molar-refractivity contribution < 1.29 is 4.79 Å². The van der Waals surface area contributed by atoms with Crippen molar-refractivity contribution in [3.05, 3.63) is 144 Å². The topological polar surface area (TPSA) is 42.9 Å². The zero-order valence-corrected chi connectivity index (χ0v) is 22.4. The molecule has 0 atom stereocenters. The lowest BCUT2D eigenvalue weighted by Crippen LogP contribution is -1.94. The van der Waals surface area contributed by atoms with Gasteiger partial charge in [0.15, 0.2) is 5.78 Å². The standard InChI is InChI=1S/C26H20N2.C10H10O/c1-17-15-23(19-9-5-3-6-10-19)21-13-14-22-24(20-11-7-4-8-12-20)16-18(2)28-26(22)25(21)27-17;1-2-6-10(11)9-7-4-3-5-8-9/h3-16H,1-2H3;2-8H,1H3/b;6-2+. The second-order valence-corrected chi connectivity index (χ2v) is 9.44. The second-order valence-electron chi connectivity index (χ2n) is 9.44. The van der Waals surface area contributed by atoms with E-state index in [2.05, 4.69) is 86.6 Å². The molecule has 0 unspecified atom stereocenters. The van der Waals surface area contributed by atoms with Gasteiger partial charge in [0.2, 0.25) is 0 Å². The second kappa shape index (κ2) is 11.7. The van der Waals surface area contributed by atoms with Crippen LogP contribution in [0.1, 0.15) is 28.7 Å². The third-order valence-electron chi connectivity index (χ3n) is 6.56. The first kappa shape index (κ1) is 25.7. The zero-order valence-electron chi connectivity index (χ0n) is 22.4. The van der Waals surface area contributed by atoms with Crippen molar-refractivity contribution in [2.24, 2.45) is 0 Å². The van der Waals surface area contributed by atoms with Gasteiger partial charge < -0.3 is 0 Å². The van der Waals surface area contributed by atoms with Crippen molar-refractivity contribution >= 4 is 27.6 Å². The maximum absolute atomic E-state index is 11.2. The molecule has 39 heavy (non-hydrogen) atoms. The molecule has 0 bridgehead atoms. The number of rotatable bonds is 4. The fourth-order valence-corrected chi connectivity index (χ4v) is 4.79. The van der Waals surface area contributed by atoms with Crippen LogP contribution in [-0.2, 0) is 0 Å². The molecule has 6 aromatic rings. The average molecular weight is 507 g/mol. The van der Waals surface area contributed by atoms with E-state index in [1.807, 2.05) is 49.4 Å². The van der Waals surface area contributed by atoms with Crippen LogP contribution in [0.2, 0.25) is 0 Å². The summed E-state index contributed by atoms with van der Waals surface area (Å²) in [6.07, 6.45) is 3.31. The first-order chi connectivity index (χ1) is 19.0. The number of hydrogen-bond acceptors (Lipinski definition) is 3. The van der Waals surface area contributed by atoms with Crippen molar-refractivity contribution in [2.45, 2.75) is 20.8 Å². The third kappa shape index (κ3) is 5.68. The number of fused-ring (bicyclic) bond motifs is 3. The monoisotopic (exact) mass is 506 g/mol. The molecule has 2 aromatic heterocycles. The smallest absolute Gasteiger partial charge is 0.185 e. The number of pyridine rings is 2. The van der Waals surface area contributed by atoms with E-state index in [1.165, 1.54) is 22.3 Å². The highest BCUT2D eigenvalue weighted by Gasteiger charge is 2.14. The van der Waals surface area contributed by atoms with Crippen LogP contribution in [-0.4, -0.2) is 15.8 Å². The molecule has 0 aliphatic heterocycles. The fourth-order valence-electron chi connectivity index (χ4n) is 4.79. The van der Waals surface area contributed by atoms with E-state index in [0.29, 0.717) is 0 Å². The largest absolute Gasteiger partial charge is 0.289 e. The summed E-state index contributed by atoms with van der Waals surface area (Å²) < 4.78 is 0. The lowest BCUT2D eigenvalue weighted by molar-refractivity contribution is 0.104. The Kier molecular flexibility index (Phi) is 7.70. The van der Waals surface area contributed by atoms with Crippen molar-refractivity contribution in [3.8, 4) is 22.3 Å². The van der Waals surface area contributed by atoms with E-state index in [0.717, 1.165) is 38.8 Å². The minimum Gasteiger partial charge on any atom is -0.289 e. The van der Waals surface area contributed by atoms with Crippen LogP contribution in [0.4, 0.5) is 0 Å². The summed E-state index contributed by atoms with van der Waals surface area (Å²) in [6, 6.07) is 38.9. The van der Waals surface area contributed by atoms with E-state index in [-0.39, 0.29) is 5.78 Å². The quantitative estimate of drug-likeness (QED) is 0.136. The normalized spacial score (nSPS) is 10.9. The maximum atomic E-state index is 11.2. The molecular formula is C36H30N2O. The van der Waals surface area contributed by atoms with Crippen LogP contribution in [0.15, 0.2) is 127 Å². The molecule has 3 nitrogen and oxygen atoms in total. The molecule has 2 heterocycles. The molecule has 190 valence electrons. The summed E-state index contributed by atoms with van der Waals surface area (Å²) >= 11 is 0. The molecule has 4 aromatic carbocycles. The van der Waals surface area contributed by atoms with Gasteiger partial charge >= 0.3 is 0 Å². The van der Waals surface area contributed by atoms with Crippen LogP contribution < -0.4 is 0 Å². The van der Waals surface area contributed by atoms with Gasteiger partial charge in [0.1, 0.15) is 0 Å². The summed E-state index contributed by atoms with van der Waals surface area (Å²) in [7, 11) is 0. The molecule has 0 N–H and O–H groups in total. The van der Waals surface area contributed by atoms with Crippen LogP contribution in [0.3, 0.4) is 0 Å². The van der Waals surface area contributed by atoms with Gasteiger partial charge in [-0.15, -0.1) is 0 Å². The number of hydrogen-bond donors (Lipinski definition) is 0. The summed E-state index contributed by atoms with van der Waals surface area (Å²) in [5.74, 6) is 0.0631. The van der Waals surface area contributed by atoms with Gasteiger partial charge in [0, 0.05) is 27.7 Å². The molecule has 0 aliphatic carbocycles. The van der Waals surface area contributed by atoms with Crippen molar-refractivity contribution in [1.29, 1.82) is 0 Å². The van der Waals surface area contributed by atoms with Gasteiger partial charge in [0.25, 0.3) is 0 Å². The summed E-state index contributed by atoms with van der Waals surface area (Å²) in [4.78, 5) is 21.0. The van der Waals surface area contributed by atoms with Gasteiger partial charge in [-0.3, -0.25) is 14.8 Å². The highest BCUT2D eigenvalue weighted by molar-refractivity contribution is 6.12. The van der Waals surface area contributed by atoms with Crippen molar-refractivity contribution in [1.82, 2.24) is 9.97 Å². The summed E-state index contributed by atoms with van der Waals surface area (Å²) in [5, 5.41) is 2.28. The van der Waals surface area contributed by atoms with E-state index >= 15 is 0 Å². The fraction of sp³-hybridized carbons (Fsp3) is 0.0833.